The summed E-state index contributed by atoms with van der Waals surface area (Å²) in [6.45, 7) is 4.88. The molecule has 3 nitrogen and oxygen atoms in total. The van der Waals surface area contributed by atoms with Crippen LogP contribution in [-0.2, 0) is 0 Å². The molecule has 0 saturated carbocycles. The van der Waals surface area contributed by atoms with E-state index < -0.39 is 0 Å². The van der Waals surface area contributed by atoms with E-state index in [1.807, 2.05) is 31.1 Å². The largest absolute Gasteiger partial charge is 0.318 e. The first kappa shape index (κ1) is 14.0. The Labute approximate surface area is 117 Å². The Morgan fingerprint density at radius 2 is 2.26 bits per heavy atom. The van der Waals surface area contributed by atoms with Crippen molar-refractivity contribution in [1.82, 2.24) is 10.3 Å². The normalized spacial score (nSPS) is 12.4. The zero-order valence-electron chi connectivity index (χ0n) is 11.4. The molecule has 2 rings (SSSR count). The Morgan fingerprint density at radius 3 is 2.89 bits per heavy atom. The van der Waals surface area contributed by atoms with Gasteiger partial charge < -0.3 is 10.2 Å². The van der Waals surface area contributed by atoms with Gasteiger partial charge in [0.05, 0.1) is 0 Å². The predicted octanol–water partition coefficient (Wildman–Crippen LogP) is 3.72. The summed E-state index contributed by atoms with van der Waals surface area (Å²) in [5.74, 6) is -0.226. The Bertz CT molecular complexity index is 541. The second-order valence-corrected chi connectivity index (χ2v) is 5.32. The summed E-state index contributed by atoms with van der Waals surface area (Å²) in [6, 6.07) is 6.88. The van der Waals surface area contributed by atoms with E-state index >= 15 is 0 Å². The highest BCUT2D eigenvalue weighted by Gasteiger charge is 2.14. The van der Waals surface area contributed by atoms with Crippen LogP contribution < -0.4 is 10.2 Å². The van der Waals surface area contributed by atoms with E-state index in [1.165, 1.54) is 17.0 Å². The number of halogens is 1. The number of thiazole rings is 1. The molecule has 1 heterocycles. The molecule has 5 heteroatoms. The quantitative estimate of drug-likeness (QED) is 0.904. The maximum Gasteiger partial charge on any atom is 0.190 e. The average molecular weight is 279 g/mol. The SMILES string of the molecule is CCN(c1cccc(F)c1)c1ncc(C(C)NC)s1. The third kappa shape index (κ3) is 3.11. The number of nitrogens with one attached hydrogen (secondary N) is 1. The van der Waals surface area contributed by atoms with Gasteiger partial charge in [0.2, 0.25) is 0 Å². The monoisotopic (exact) mass is 279 g/mol. The zero-order chi connectivity index (χ0) is 13.8. The standard InChI is InChI=1S/C14H18FN3S/c1-4-18(12-7-5-6-11(15)8-12)14-17-9-13(19-14)10(2)16-3/h5-10,16H,4H2,1-3H3. The Morgan fingerprint density at radius 1 is 1.47 bits per heavy atom. The van der Waals surface area contributed by atoms with Crippen LogP contribution >= 0.6 is 11.3 Å². The summed E-state index contributed by atoms with van der Waals surface area (Å²) in [7, 11) is 1.92. The van der Waals surface area contributed by atoms with Crippen LogP contribution in [0.15, 0.2) is 30.5 Å². The molecule has 1 unspecified atom stereocenters. The molecule has 102 valence electrons. The third-order valence-corrected chi connectivity index (χ3v) is 4.24. The molecule has 1 N–H and O–H groups in total. The van der Waals surface area contributed by atoms with Crippen molar-refractivity contribution in [1.29, 1.82) is 0 Å². The van der Waals surface area contributed by atoms with Crippen molar-refractivity contribution in [3.63, 3.8) is 0 Å². The van der Waals surface area contributed by atoms with E-state index in [0.717, 1.165) is 17.4 Å². The number of rotatable bonds is 5. The minimum absolute atomic E-state index is 0.226. The van der Waals surface area contributed by atoms with Crippen molar-refractivity contribution in [3.8, 4) is 0 Å². The van der Waals surface area contributed by atoms with E-state index in [0.29, 0.717) is 0 Å². The molecule has 0 aliphatic carbocycles. The van der Waals surface area contributed by atoms with Crippen molar-refractivity contribution in [3.05, 3.63) is 41.2 Å². The van der Waals surface area contributed by atoms with Gasteiger partial charge in [0.15, 0.2) is 5.13 Å². The van der Waals surface area contributed by atoms with Crippen molar-refractivity contribution in [2.24, 2.45) is 0 Å². The lowest BCUT2D eigenvalue weighted by molar-refractivity contribution is 0.627. The minimum Gasteiger partial charge on any atom is -0.318 e. The van der Waals surface area contributed by atoms with Gasteiger partial charge in [-0.25, -0.2) is 9.37 Å². The lowest BCUT2D eigenvalue weighted by Crippen LogP contribution is -2.15. The third-order valence-electron chi connectivity index (χ3n) is 3.04. The number of aromatic nitrogens is 1. The van der Waals surface area contributed by atoms with E-state index in [4.69, 9.17) is 0 Å². The van der Waals surface area contributed by atoms with E-state index in [2.05, 4.69) is 17.2 Å². The summed E-state index contributed by atoms with van der Waals surface area (Å²) in [6.07, 6.45) is 1.88. The van der Waals surface area contributed by atoms with Crippen molar-refractivity contribution < 1.29 is 4.39 Å². The van der Waals surface area contributed by atoms with Gasteiger partial charge in [-0.15, -0.1) is 0 Å². The predicted molar refractivity (Wildman–Crippen MR) is 78.7 cm³/mol. The molecule has 0 bridgehead atoms. The number of hydrogen-bond donors (Lipinski definition) is 1. The molecule has 0 saturated heterocycles. The maximum atomic E-state index is 13.3. The molecule has 2 aromatic rings. The zero-order valence-corrected chi connectivity index (χ0v) is 12.2. The summed E-state index contributed by atoms with van der Waals surface area (Å²) >= 11 is 1.63. The molecule has 0 fully saturated rings. The maximum absolute atomic E-state index is 13.3. The molecule has 1 aromatic carbocycles. The molecular formula is C14H18FN3S. The van der Waals surface area contributed by atoms with E-state index in [1.54, 1.807) is 17.4 Å². The van der Waals surface area contributed by atoms with Gasteiger partial charge in [0.1, 0.15) is 5.82 Å². The molecular weight excluding hydrogens is 261 g/mol. The summed E-state index contributed by atoms with van der Waals surface area (Å²) in [4.78, 5) is 7.63. The van der Waals surface area contributed by atoms with Crippen LogP contribution in [0.1, 0.15) is 24.8 Å². The van der Waals surface area contributed by atoms with Crippen LogP contribution in [0.4, 0.5) is 15.2 Å². The lowest BCUT2D eigenvalue weighted by atomic mass is 10.3. The van der Waals surface area contributed by atoms with Crippen LogP contribution in [0.3, 0.4) is 0 Å². The Kier molecular flexibility index (Phi) is 4.50. The Balaban J connectivity index is 2.29. The fraction of sp³-hybridized carbons (Fsp3) is 0.357. The van der Waals surface area contributed by atoms with Crippen molar-refractivity contribution in [2.45, 2.75) is 19.9 Å². The second kappa shape index (κ2) is 6.12. The number of hydrogen-bond acceptors (Lipinski definition) is 4. The topological polar surface area (TPSA) is 28.2 Å². The molecule has 0 aliphatic heterocycles. The number of anilines is 2. The van der Waals surface area contributed by atoms with Crippen molar-refractivity contribution >= 4 is 22.2 Å². The first-order chi connectivity index (χ1) is 9.15. The van der Waals surface area contributed by atoms with Gasteiger partial charge in [-0.1, -0.05) is 17.4 Å². The summed E-state index contributed by atoms with van der Waals surface area (Å²) in [5, 5.41) is 4.09. The average Bonchev–Trinajstić information content (AvgIpc) is 2.88. The first-order valence-electron chi connectivity index (χ1n) is 6.31. The van der Waals surface area contributed by atoms with Gasteiger partial charge in [-0.3, -0.25) is 0 Å². The molecule has 1 aromatic heterocycles. The van der Waals surface area contributed by atoms with Crippen LogP contribution in [0.5, 0.6) is 0 Å². The van der Waals surface area contributed by atoms with E-state index in [9.17, 15) is 4.39 Å². The van der Waals surface area contributed by atoms with E-state index in [-0.39, 0.29) is 11.9 Å². The highest BCUT2D eigenvalue weighted by molar-refractivity contribution is 7.15. The fourth-order valence-electron chi connectivity index (χ4n) is 1.82. The molecule has 0 radical (unpaired) electrons. The second-order valence-electron chi connectivity index (χ2n) is 4.28. The highest BCUT2D eigenvalue weighted by atomic mass is 32.1. The summed E-state index contributed by atoms with van der Waals surface area (Å²) < 4.78 is 13.3. The van der Waals surface area contributed by atoms with Crippen LogP contribution in [0, 0.1) is 5.82 Å². The molecule has 1 atom stereocenters. The molecule has 19 heavy (non-hydrogen) atoms. The minimum atomic E-state index is -0.226. The number of nitrogens with zero attached hydrogens (tertiary/aromatic N) is 2. The highest BCUT2D eigenvalue weighted by Crippen LogP contribution is 2.31. The van der Waals surface area contributed by atoms with Gasteiger partial charge in [-0.2, -0.15) is 0 Å². The van der Waals surface area contributed by atoms with Crippen LogP contribution in [0.25, 0.3) is 0 Å². The van der Waals surface area contributed by atoms with Gasteiger partial charge in [0.25, 0.3) is 0 Å². The van der Waals surface area contributed by atoms with Crippen molar-refractivity contribution in [2.75, 3.05) is 18.5 Å². The first-order valence-corrected chi connectivity index (χ1v) is 7.13. The van der Waals surface area contributed by atoms with Gasteiger partial charge in [0, 0.05) is 29.3 Å². The van der Waals surface area contributed by atoms with Gasteiger partial charge in [-0.05, 0) is 39.1 Å². The van der Waals surface area contributed by atoms with Crippen LogP contribution in [0.2, 0.25) is 0 Å². The Hall–Kier alpha value is -1.46. The molecule has 0 amide bonds. The number of benzene rings is 1. The summed E-state index contributed by atoms with van der Waals surface area (Å²) in [5.41, 5.74) is 0.834. The molecule has 0 spiro atoms. The van der Waals surface area contributed by atoms with Crippen LogP contribution in [-0.4, -0.2) is 18.6 Å². The molecule has 0 aliphatic rings. The smallest absolute Gasteiger partial charge is 0.190 e. The van der Waals surface area contributed by atoms with Gasteiger partial charge >= 0.3 is 0 Å². The lowest BCUT2D eigenvalue weighted by Gasteiger charge is -2.19. The fourth-order valence-corrected chi connectivity index (χ4v) is 2.88.